The zero-order valence-electron chi connectivity index (χ0n) is 15.9. The van der Waals surface area contributed by atoms with Gasteiger partial charge in [0.25, 0.3) is 0 Å². The first-order chi connectivity index (χ1) is 12.7. The van der Waals surface area contributed by atoms with Crippen molar-refractivity contribution in [1.29, 1.82) is 0 Å². The standard InChI is InChI=1S/C20H28N4O2/c1-4-14-10-16(25-2)8-7-15(14)12-23-13-17(26-3)11-18(23)20-22-21-19-6-5-9-24(19)20/h7-8,10,17-18H,4-6,9,11-13H2,1-3H3/t17-,18+/m1/s1. The highest BCUT2D eigenvalue weighted by Gasteiger charge is 2.37. The van der Waals surface area contributed by atoms with Crippen LogP contribution in [0.15, 0.2) is 18.2 Å². The first-order valence-electron chi connectivity index (χ1n) is 9.58. The van der Waals surface area contributed by atoms with Crippen LogP contribution >= 0.6 is 0 Å². The third kappa shape index (κ3) is 3.12. The van der Waals surface area contributed by atoms with Crippen LogP contribution in [0.2, 0.25) is 0 Å². The number of methoxy groups -OCH3 is 2. The zero-order valence-corrected chi connectivity index (χ0v) is 15.9. The van der Waals surface area contributed by atoms with Gasteiger partial charge in [0.15, 0.2) is 5.82 Å². The SMILES string of the molecule is CCc1cc(OC)ccc1CN1C[C@H](OC)C[C@H]1c1nnc2n1CCC2. The van der Waals surface area contributed by atoms with Gasteiger partial charge < -0.3 is 14.0 Å². The van der Waals surface area contributed by atoms with Gasteiger partial charge in [0.05, 0.1) is 19.3 Å². The number of likely N-dealkylation sites (tertiary alicyclic amines) is 1. The van der Waals surface area contributed by atoms with Crippen molar-refractivity contribution in [2.24, 2.45) is 0 Å². The van der Waals surface area contributed by atoms with Crippen molar-refractivity contribution >= 4 is 0 Å². The minimum atomic E-state index is 0.248. The quantitative estimate of drug-likeness (QED) is 0.797. The van der Waals surface area contributed by atoms with E-state index < -0.39 is 0 Å². The smallest absolute Gasteiger partial charge is 0.150 e. The summed E-state index contributed by atoms with van der Waals surface area (Å²) in [6.45, 7) is 5.07. The van der Waals surface area contributed by atoms with Crippen LogP contribution in [0.5, 0.6) is 5.75 Å². The molecule has 2 atom stereocenters. The van der Waals surface area contributed by atoms with E-state index in [1.165, 1.54) is 17.5 Å². The topological polar surface area (TPSA) is 52.4 Å². The molecule has 1 fully saturated rings. The highest BCUT2D eigenvalue weighted by atomic mass is 16.5. The van der Waals surface area contributed by atoms with E-state index in [0.717, 1.165) is 56.3 Å². The maximum absolute atomic E-state index is 5.70. The van der Waals surface area contributed by atoms with Gasteiger partial charge in [-0.3, -0.25) is 4.90 Å². The van der Waals surface area contributed by atoms with Crippen LogP contribution in [0.4, 0.5) is 0 Å². The van der Waals surface area contributed by atoms with Crippen molar-refractivity contribution in [3.8, 4) is 5.75 Å². The number of aryl methyl sites for hydroxylation is 2. The summed E-state index contributed by atoms with van der Waals surface area (Å²) in [5, 5.41) is 8.97. The summed E-state index contributed by atoms with van der Waals surface area (Å²) >= 11 is 0. The predicted molar refractivity (Wildman–Crippen MR) is 99.3 cm³/mol. The Bertz CT molecular complexity index is 773. The molecule has 1 saturated heterocycles. The van der Waals surface area contributed by atoms with Gasteiger partial charge in [-0.2, -0.15) is 0 Å². The van der Waals surface area contributed by atoms with E-state index >= 15 is 0 Å². The molecule has 0 N–H and O–H groups in total. The molecule has 1 aromatic carbocycles. The summed E-state index contributed by atoms with van der Waals surface area (Å²) in [5.41, 5.74) is 2.70. The van der Waals surface area contributed by atoms with Crippen LogP contribution in [0.1, 0.15) is 48.6 Å². The van der Waals surface area contributed by atoms with E-state index in [4.69, 9.17) is 9.47 Å². The van der Waals surface area contributed by atoms with Crippen LogP contribution in [-0.4, -0.2) is 46.5 Å². The third-order valence-corrected chi connectivity index (χ3v) is 5.80. The molecule has 0 radical (unpaired) electrons. The van der Waals surface area contributed by atoms with Gasteiger partial charge in [0.2, 0.25) is 0 Å². The molecular formula is C20H28N4O2. The molecule has 6 nitrogen and oxygen atoms in total. The van der Waals surface area contributed by atoms with Crippen molar-refractivity contribution in [2.45, 2.75) is 57.8 Å². The van der Waals surface area contributed by atoms with Gasteiger partial charge in [0, 0.05) is 33.2 Å². The first-order valence-corrected chi connectivity index (χ1v) is 9.58. The number of benzene rings is 1. The molecule has 3 heterocycles. The van der Waals surface area contributed by atoms with Crippen LogP contribution in [-0.2, 0) is 30.7 Å². The van der Waals surface area contributed by atoms with Gasteiger partial charge in [-0.05, 0) is 42.5 Å². The minimum Gasteiger partial charge on any atom is -0.497 e. The first kappa shape index (κ1) is 17.5. The third-order valence-electron chi connectivity index (χ3n) is 5.80. The molecule has 2 aromatic rings. The minimum absolute atomic E-state index is 0.248. The average Bonchev–Trinajstić information content (AvgIpc) is 3.37. The normalized spacial score (nSPS) is 22.7. The fourth-order valence-corrected chi connectivity index (χ4v) is 4.33. The molecule has 0 spiro atoms. The summed E-state index contributed by atoms with van der Waals surface area (Å²) in [7, 11) is 3.53. The lowest BCUT2D eigenvalue weighted by atomic mass is 10.0. The van der Waals surface area contributed by atoms with E-state index in [1.807, 2.05) is 7.11 Å². The van der Waals surface area contributed by atoms with Crippen LogP contribution < -0.4 is 4.74 Å². The molecule has 140 valence electrons. The Morgan fingerprint density at radius 3 is 2.85 bits per heavy atom. The second-order valence-electron chi connectivity index (χ2n) is 7.26. The number of hydrogen-bond acceptors (Lipinski definition) is 5. The summed E-state index contributed by atoms with van der Waals surface area (Å²) < 4.78 is 13.4. The second-order valence-corrected chi connectivity index (χ2v) is 7.26. The Hall–Kier alpha value is -1.92. The molecular weight excluding hydrogens is 328 g/mol. The van der Waals surface area contributed by atoms with E-state index in [1.54, 1.807) is 7.11 Å². The van der Waals surface area contributed by atoms with Crippen LogP contribution in [0.3, 0.4) is 0 Å². The van der Waals surface area contributed by atoms with E-state index in [-0.39, 0.29) is 12.1 Å². The van der Waals surface area contributed by atoms with Crippen LogP contribution in [0.25, 0.3) is 0 Å². The predicted octanol–water partition coefficient (Wildman–Crippen LogP) is 2.76. The van der Waals surface area contributed by atoms with Crippen molar-refractivity contribution in [1.82, 2.24) is 19.7 Å². The summed E-state index contributed by atoms with van der Waals surface area (Å²) in [6.07, 6.45) is 4.45. The van der Waals surface area contributed by atoms with Crippen LogP contribution in [0, 0.1) is 0 Å². The number of ether oxygens (including phenoxy) is 2. The number of aromatic nitrogens is 3. The Kier molecular flexibility index (Phi) is 4.96. The molecule has 0 unspecified atom stereocenters. The fourth-order valence-electron chi connectivity index (χ4n) is 4.33. The number of rotatable bonds is 6. The highest BCUT2D eigenvalue weighted by molar-refractivity contribution is 5.36. The lowest BCUT2D eigenvalue weighted by molar-refractivity contribution is 0.107. The summed E-state index contributed by atoms with van der Waals surface area (Å²) in [4.78, 5) is 2.50. The molecule has 6 heteroatoms. The van der Waals surface area contributed by atoms with Crippen molar-refractivity contribution < 1.29 is 9.47 Å². The zero-order chi connectivity index (χ0) is 18.1. The molecule has 4 rings (SSSR count). The maximum atomic E-state index is 5.70. The van der Waals surface area contributed by atoms with E-state index in [9.17, 15) is 0 Å². The number of fused-ring (bicyclic) bond motifs is 1. The largest absolute Gasteiger partial charge is 0.497 e. The molecule has 2 aliphatic rings. The monoisotopic (exact) mass is 356 g/mol. The highest BCUT2D eigenvalue weighted by Crippen LogP contribution is 2.35. The number of hydrogen-bond donors (Lipinski definition) is 0. The average molecular weight is 356 g/mol. The van der Waals surface area contributed by atoms with Gasteiger partial charge in [-0.1, -0.05) is 13.0 Å². The summed E-state index contributed by atoms with van der Waals surface area (Å²) in [5.74, 6) is 3.18. The fraction of sp³-hybridized carbons (Fsp3) is 0.600. The van der Waals surface area contributed by atoms with Gasteiger partial charge in [-0.15, -0.1) is 10.2 Å². The Morgan fingerprint density at radius 2 is 2.08 bits per heavy atom. The van der Waals surface area contributed by atoms with Gasteiger partial charge in [0.1, 0.15) is 11.6 Å². The molecule has 0 amide bonds. The Labute approximate surface area is 155 Å². The molecule has 1 aromatic heterocycles. The number of nitrogens with zero attached hydrogens (tertiary/aromatic N) is 4. The second kappa shape index (κ2) is 7.37. The lowest BCUT2D eigenvalue weighted by Crippen LogP contribution is -2.27. The lowest BCUT2D eigenvalue weighted by Gasteiger charge is -2.25. The van der Waals surface area contributed by atoms with Gasteiger partial charge in [-0.25, -0.2) is 0 Å². The van der Waals surface area contributed by atoms with Crippen molar-refractivity contribution in [3.05, 3.63) is 41.0 Å². The molecule has 2 aliphatic heterocycles. The Morgan fingerprint density at radius 1 is 1.19 bits per heavy atom. The van der Waals surface area contributed by atoms with E-state index in [0.29, 0.717) is 0 Å². The van der Waals surface area contributed by atoms with Gasteiger partial charge >= 0.3 is 0 Å². The Balaban J connectivity index is 1.61. The van der Waals surface area contributed by atoms with Crippen molar-refractivity contribution in [2.75, 3.05) is 20.8 Å². The van der Waals surface area contributed by atoms with Crippen molar-refractivity contribution in [3.63, 3.8) is 0 Å². The molecule has 26 heavy (non-hydrogen) atoms. The maximum Gasteiger partial charge on any atom is 0.150 e. The molecule has 0 bridgehead atoms. The molecule has 0 aliphatic carbocycles. The van der Waals surface area contributed by atoms with E-state index in [2.05, 4.69) is 44.8 Å². The molecule has 0 saturated carbocycles. The summed E-state index contributed by atoms with van der Waals surface area (Å²) in [6, 6.07) is 6.68.